The number of amides is 1. The van der Waals surface area contributed by atoms with E-state index in [2.05, 4.69) is 20.4 Å². The van der Waals surface area contributed by atoms with Crippen LogP contribution in [0.25, 0.3) is 5.95 Å². The first-order valence-corrected chi connectivity index (χ1v) is 9.14. The van der Waals surface area contributed by atoms with Crippen LogP contribution >= 0.6 is 11.8 Å². The zero-order valence-corrected chi connectivity index (χ0v) is 15.6. The van der Waals surface area contributed by atoms with Crippen LogP contribution in [0.2, 0.25) is 0 Å². The SMILES string of the molecule is CCSc1ccccc1C(=O)Nc1cc(C)nn1-c1nc(C)cc(=O)[nH]1. The molecular formula is C18H19N5O2S. The fourth-order valence-electron chi connectivity index (χ4n) is 2.53. The van der Waals surface area contributed by atoms with Crippen molar-refractivity contribution < 1.29 is 4.79 Å². The molecule has 3 rings (SSSR count). The number of thioether (sulfide) groups is 1. The molecule has 2 N–H and O–H groups in total. The lowest BCUT2D eigenvalue weighted by atomic mass is 10.2. The van der Waals surface area contributed by atoms with Gasteiger partial charge in [-0.15, -0.1) is 11.8 Å². The number of hydrogen-bond donors (Lipinski definition) is 2. The predicted molar refractivity (Wildman–Crippen MR) is 102 cm³/mol. The lowest BCUT2D eigenvalue weighted by Crippen LogP contribution is -2.19. The van der Waals surface area contributed by atoms with E-state index < -0.39 is 0 Å². The van der Waals surface area contributed by atoms with Crippen LogP contribution < -0.4 is 10.9 Å². The number of aromatic amines is 1. The second-order valence-electron chi connectivity index (χ2n) is 5.68. The minimum absolute atomic E-state index is 0.238. The third-order valence-electron chi connectivity index (χ3n) is 3.56. The maximum absolute atomic E-state index is 12.8. The average molecular weight is 369 g/mol. The smallest absolute Gasteiger partial charge is 0.257 e. The van der Waals surface area contributed by atoms with Gasteiger partial charge in [0.15, 0.2) is 0 Å². The highest BCUT2D eigenvalue weighted by Gasteiger charge is 2.16. The van der Waals surface area contributed by atoms with E-state index in [0.717, 1.165) is 10.6 Å². The molecule has 2 heterocycles. The molecule has 2 aromatic heterocycles. The van der Waals surface area contributed by atoms with Crippen molar-refractivity contribution in [3.8, 4) is 5.95 Å². The lowest BCUT2D eigenvalue weighted by molar-refractivity contribution is 0.102. The number of nitrogens with zero attached hydrogens (tertiary/aromatic N) is 3. The zero-order chi connectivity index (χ0) is 18.7. The summed E-state index contributed by atoms with van der Waals surface area (Å²) in [5.74, 6) is 1.33. The van der Waals surface area contributed by atoms with Gasteiger partial charge >= 0.3 is 0 Å². The van der Waals surface area contributed by atoms with E-state index in [0.29, 0.717) is 22.8 Å². The van der Waals surface area contributed by atoms with E-state index >= 15 is 0 Å². The van der Waals surface area contributed by atoms with Crippen molar-refractivity contribution in [2.45, 2.75) is 25.7 Å². The summed E-state index contributed by atoms with van der Waals surface area (Å²) >= 11 is 1.61. The first-order valence-electron chi connectivity index (χ1n) is 8.16. The average Bonchev–Trinajstić information content (AvgIpc) is 2.95. The Morgan fingerprint density at radius 1 is 1.23 bits per heavy atom. The van der Waals surface area contributed by atoms with Crippen molar-refractivity contribution >= 4 is 23.5 Å². The van der Waals surface area contributed by atoms with Crippen molar-refractivity contribution in [2.24, 2.45) is 0 Å². The molecule has 0 saturated heterocycles. The number of hydrogen-bond acceptors (Lipinski definition) is 5. The Kier molecular flexibility index (Phi) is 5.22. The molecule has 0 saturated carbocycles. The number of aryl methyl sites for hydroxylation is 2. The van der Waals surface area contributed by atoms with Crippen LogP contribution in [0.4, 0.5) is 5.82 Å². The largest absolute Gasteiger partial charge is 0.306 e. The maximum Gasteiger partial charge on any atom is 0.257 e. The van der Waals surface area contributed by atoms with E-state index in [1.54, 1.807) is 37.7 Å². The molecule has 0 fully saturated rings. The van der Waals surface area contributed by atoms with Crippen LogP contribution in [0, 0.1) is 13.8 Å². The van der Waals surface area contributed by atoms with Gasteiger partial charge in [0.2, 0.25) is 5.95 Å². The second kappa shape index (κ2) is 7.57. The van der Waals surface area contributed by atoms with Crippen LogP contribution in [-0.4, -0.2) is 31.4 Å². The Hall–Kier alpha value is -2.87. The molecule has 0 spiro atoms. The third kappa shape index (κ3) is 3.85. The van der Waals surface area contributed by atoms with Gasteiger partial charge in [-0.1, -0.05) is 19.1 Å². The molecule has 0 aliphatic rings. The van der Waals surface area contributed by atoms with Gasteiger partial charge in [-0.25, -0.2) is 4.98 Å². The monoisotopic (exact) mass is 369 g/mol. The minimum Gasteiger partial charge on any atom is -0.306 e. The Labute approximate surface area is 154 Å². The molecule has 8 heteroatoms. The molecule has 134 valence electrons. The molecule has 3 aromatic rings. The fraction of sp³-hybridized carbons (Fsp3) is 0.222. The van der Waals surface area contributed by atoms with E-state index in [-0.39, 0.29) is 17.4 Å². The standard InChI is InChI=1S/C18H19N5O2S/c1-4-26-14-8-6-5-7-13(14)17(25)20-15-9-12(3)22-23(15)18-19-11(2)10-16(24)21-18/h5-10H,4H2,1-3H3,(H,20,25)(H,19,21,24). The van der Waals surface area contributed by atoms with Crippen molar-refractivity contribution in [1.82, 2.24) is 19.7 Å². The molecule has 0 aliphatic carbocycles. The van der Waals surface area contributed by atoms with Gasteiger partial charge < -0.3 is 5.32 Å². The van der Waals surface area contributed by atoms with Gasteiger partial charge in [0.25, 0.3) is 11.5 Å². The number of anilines is 1. The normalized spacial score (nSPS) is 10.7. The number of aromatic nitrogens is 4. The van der Waals surface area contributed by atoms with Crippen molar-refractivity contribution in [2.75, 3.05) is 11.1 Å². The number of nitrogens with one attached hydrogen (secondary N) is 2. The van der Waals surface area contributed by atoms with E-state index in [9.17, 15) is 9.59 Å². The molecule has 1 amide bonds. The molecule has 0 unspecified atom stereocenters. The minimum atomic E-state index is -0.275. The highest BCUT2D eigenvalue weighted by Crippen LogP contribution is 2.23. The molecule has 26 heavy (non-hydrogen) atoms. The highest BCUT2D eigenvalue weighted by atomic mass is 32.2. The Morgan fingerprint density at radius 2 is 2.00 bits per heavy atom. The Morgan fingerprint density at radius 3 is 2.73 bits per heavy atom. The maximum atomic E-state index is 12.8. The summed E-state index contributed by atoms with van der Waals surface area (Å²) in [7, 11) is 0. The molecule has 1 aromatic carbocycles. The summed E-state index contributed by atoms with van der Waals surface area (Å²) in [6, 6.07) is 10.6. The Bertz CT molecular complexity index is 1010. The number of carbonyl (C=O) groups excluding carboxylic acids is 1. The van der Waals surface area contributed by atoms with E-state index in [4.69, 9.17) is 0 Å². The van der Waals surface area contributed by atoms with Crippen LogP contribution in [0.3, 0.4) is 0 Å². The van der Waals surface area contributed by atoms with Crippen LogP contribution in [-0.2, 0) is 0 Å². The molecule has 0 radical (unpaired) electrons. The molecule has 0 atom stereocenters. The second-order valence-corrected chi connectivity index (χ2v) is 6.98. The van der Waals surface area contributed by atoms with E-state index in [1.807, 2.05) is 25.1 Å². The third-order valence-corrected chi connectivity index (χ3v) is 4.52. The summed E-state index contributed by atoms with van der Waals surface area (Å²) in [6.45, 7) is 5.57. The number of carbonyl (C=O) groups is 1. The Balaban J connectivity index is 1.96. The summed E-state index contributed by atoms with van der Waals surface area (Å²) in [5, 5.41) is 7.20. The summed E-state index contributed by atoms with van der Waals surface area (Å²) in [5.41, 5.74) is 1.58. The van der Waals surface area contributed by atoms with Crippen molar-refractivity contribution in [1.29, 1.82) is 0 Å². The lowest BCUT2D eigenvalue weighted by Gasteiger charge is -2.10. The number of H-pyrrole nitrogens is 1. The van der Waals surface area contributed by atoms with Crippen molar-refractivity contribution in [3.05, 3.63) is 63.7 Å². The molecule has 0 aliphatic heterocycles. The number of benzene rings is 1. The summed E-state index contributed by atoms with van der Waals surface area (Å²) in [4.78, 5) is 32.4. The first kappa shape index (κ1) is 17.9. The number of rotatable bonds is 5. The zero-order valence-electron chi connectivity index (χ0n) is 14.7. The fourth-order valence-corrected chi connectivity index (χ4v) is 3.33. The summed E-state index contributed by atoms with van der Waals surface area (Å²) in [6.07, 6.45) is 0. The first-order chi connectivity index (χ1) is 12.5. The van der Waals surface area contributed by atoms with Crippen LogP contribution in [0.5, 0.6) is 0 Å². The van der Waals surface area contributed by atoms with E-state index in [1.165, 1.54) is 10.7 Å². The van der Waals surface area contributed by atoms with Gasteiger partial charge in [-0.05, 0) is 31.7 Å². The van der Waals surface area contributed by atoms with Gasteiger partial charge in [-0.2, -0.15) is 9.78 Å². The van der Waals surface area contributed by atoms with Gasteiger partial charge in [0.1, 0.15) is 5.82 Å². The molecule has 7 nitrogen and oxygen atoms in total. The van der Waals surface area contributed by atoms with Gasteiger partial charge in [0, 0.05) is 22.7 Å². The van der Waals surface area contributed by atoms with Gasteiger partial charge in [-0.3, -0.25) is 14.6 Å². The predicted octanol–water partition coefficient (Wildman–Crippen LogP) is 2.94. The van der Waals surface area contributed by atoms with Crippen molar-refractivity contribution in [3.63, 3.8) is 0 Å². The quantitative estimate of drug-likeness (QED) is 0.675. The summed E-state index contributed by atoms with van der Waals surface area (Å²) < 4.78 is 1.43. The van der Waals surface area contributed by atoms with Crippen LogP contribution in [0.15, 0.2) is 46.1 Å². The van der Waals surface area contributed by atoms with Crippen LogP contribution in [0.1, 0.15) is 28.7 Å². The highest BCUT2D eigenvalue weighted by molar-refractivity contribution is 7.99. The topological polar surface area (TPSA) is 92.7 Å². The molecule has 0 bridgehead atoms. The van der Waals surface area contributed by atoms with Gasteiger partial charge in [0.05, 0.1) is 11.3 Å². The molecular weight excluding hydrogens is 350 g/mol.